The Balaban J connectivity index is 1.69. The smallest absolute Gasteiger partial charge is 0.257 e. The average Bonchev–Trinajstić information content (AvgIpc) is 3.16. The number of carbonyl (C=O) groups excluding carboxylic acids is 1. The van der Waals surface area contributed by atoms with E-state index in [1.807, 2.05) is 24.3 Å². The van der Waals surface area contributed by atoms with Crippen LogP contribution >= 0.6 is 0 Å². The zero-order valence-electron chi connectivity index (χ0n) is 16.8. The van der Waals surface area contributed by atoms with Crippen LogP contribution in [0.25, 0.3) is 11.3 Å². The van der Waals surface area contributed by atoms with E-state index in [1.54, 1.807) is 26.4 Å². The van der Waals surface area contributed by atoms with Crippen LogP contribution in [0.3, 0.4) is 0 Å². The van der Waals surface area contributed by atoms with Crippen LogP contribution in [-0.2, 0) is 5.54 Å². The summed E-state index contributed by atoms with van der Waals surface area (Å²) in [5.41, 5.74) is 2.54. The minimum atomic E-state index is -0.402. The summed E-state index contributed by atoms with van der Waals surface area (Å²) in [5, 5.41) is 7.48. The molecule has 1 aliphatic carbocycles. The van der Waals surface area contributed by atoms with Crippen molar-refractivity contribution in [3.63, 3.8) is 0 Å². The molecule has 0 bridgehead atoms. The topological polar surface area (TPSA) is 77.2 Å². The highest BCUT2D eigenvalue weighted by atomic mass is 16.5. The van der Waals surface area contributed by atoms with Crippen LogP contribution in [0.4, 0.5) is 0 Å². The zero-order valence-corrected chi connectivity index (χ0v) is 16.8. The predicted molar refractivity (Wildman–Crippen MR) is 110 cm³/mol. The lowest BCUT2D eigenvalue weighted by Crippen LogP contribution is -2.47. The van der Waals surface area contributed by atoms with Crippen molar-refractivity contribution >= 4 is 5.91 Å². The Morgan fingerprint density at radius 3 is 2.41 bits per heavy atom. The molecule has 0 radical (unpaired) electrons. The van der Waals surface area contributed by atoms with Crippen molar-refractivity contribution in [1.29, 1.82) is 0 Å². The summed E-state index contributed by atoms with van der Waals surface area (Å²) >= 11 is 0. The molecule has 4 rings (SSSR count). The van der Waals surface area contributed by atoms with Gasteiger partial charge < -0.3 is 14.6 Å². The number of pyridine rings is 1. The number of hydrogen-bond donors (Lipinski definition) is 1. The third kappa shape index (κ3) is 3.75. The van der Waals surface area contributed by atoms with Crippen LogP contribution < -0.4 is 10.1 Å². The largest absolute Gasteiger partial charge is 0.497 e. The molecule has 0 saturated heterocycles. The van der Waals surface area contributed by atoms with E-state index in [0.29, 0.717) is 17.0 Å². The monoisotopic (exact) mass is 391 g/mol. The molecule has 2 heterocycles. The van der Waals surface area contributed by atoms with Crippen molar-refractivity contribution in [2.45, 2.75) is 44.6 Å². The Morgan fingerprint density at radius 1 is 1.07 bits per heavy atom. The third-order valence-electron chi connectivity index (χ3n) is 5.75. The van der Waals surface area contributed by atoms with Crippen molar-refractivity contribution in [2.75, 3.05) is 7.11 Å². The minimum Gasteiger partial charge on any atom is -0.497 e. The first-order chi connectivity index (χ1) is 14.1. The Bertz CT molecular complexity index is 974. The molecule has 150 valence electrons. The predicted octanol–water partition coefficient (Wildman–Crippen LogP) is 4.64. The fraction of sp³-hybridized carbons (Fsp3) is 0.348. The van der Waals surface area contributed by atoms with Gasteiger partial charge in [0.1, 0.15) is 22.8 Å². The minimum absolute atomic E-state index is 0.159. The van der Waals surface area contributed by atoms with Crippen molar-refractivity contribution < 1.29 is 14.1 Å². The molecule has 0 atom stereocenters. The summed E-state index contributed by atoms with van der Waals surface area (Å²) in [6.07, 6.45) is 8.50. The van der Waals surface area contributed by atoms with Gasteiger partial charge in [0.25, 0.3) is 5.91 Å². The number of aromatic nitrogens is 2. The standard InChI is InChI=1S/C23H25N3O3/c1-16-20(21(26-29-16)17-10-14-24-15-11-17)22(27)25-23(12-4-3-5-13-23)18-6-8-19(28-2)9-7-18/h6-11,14-15H,3-5,12-13H2,1-2H3,(H,25,27). The second kappa shape index (κ2) is 8.07. The van der Waals surface area contributed by atoms with E-state index >= 15 is 0 Å². The maximum absolute atomic E-state index is 13.4. The highest BCUT2D eigenvalue weighted by Crippen LogP contribution is 2.38. The van der Waals surface area contributed by atoms with Crippen molar-refractivity contribution in [3.05, 3.63) is 65.7 Å². The van der Waals surface area contributed by atoms with E-state index < -0.39 is 5.54 Å². The van der Waals surface area contributed by atoms with Gasteiger partial charge in [-0.1, -0.05) is 36.6 Å². The quantitative estimate of drug-likeness (QED) is 0.685. The summed E-state index contributed by atoms with van der Waals surface area (Å²) in [6, 6.07) is 11.7. The van der Waals surface area contributed by atoms with Gasteiger partial charge in [-0.3, -0.25) is 9.78 Å². The SMILES string of the molecule is COc1ccc(C2(NC(=O)c3c(-c4ccncc4)noc3C)CCCCC2)cc1. The number of amides is 1. The zero-order chi connectivity index (χ0) is 20.3. The highest BCUT2D eigenvalue weighted by Gasteiger charge is 2.37. The van der Waals surface area contributed by atoms with Gasteiger partial charge in [-0.2, -0.15) is 0 Å². The number of carbonyl (C=O) groups is 1. The molecule has 1 aliphatic rings. The summed E-state index contributed by atoms with van der Waals surface area (Å²) in [5.74, 6) is 1.16. The summed E-state index contributed by atoms with van der Waals surface area (Å²) in [6.45, 7) is 1.77. The molecular formula is C23H25N3O3. The lowest BCUT2D eigenvalue weighted by Gasteiger charge is -2.38. The number of hydrogen-bond acceptors (Lipinski definition) is 5. The van der Waals surface area contributed by atoms with Crippen LogP contribution in [0.5, 0.6) is 5.75 Å². The molecule has 1 fully saturated rings. The van der Waals surface area contributed by atoms with E-state index in [4.69, 9.17) is 9.26 Å². The molecular weight excluding hydrogens is 366 g/mol. The second-order valence-corrected chi connectivity index (χ2v) is 7.52. The van der Waals surface area contributed by atoms with E-state index in [2.05, 4.69) is 27.6 Å². The van der Waals surface area contributed by atoms with Crippen LogP contribution in [-0.4, -0.2) is 23.2 Å². The Morgan fingerprint density at radius 2 is 1.76 bits per heavy atom. The van der Waals surface area contributed by atoms with Crippen LogP contribution in [0.1, 0.15) is 53.8 Å². The highest BCUT2D eigenvalue weighted by molar-refractivity contribution is 6.01. The van der Waals surface area contributed by atoms with E-state index in [1.165, 1.54) is 6.42 Å². The number of methoxy groups -OCH3 is 1. The van der Waals surface area contributed by atoms with Crippen molar-refractivity contribution in [2.24, 2.45) is 0 Å². The lowest BCUT2D eigenvalue weighted by atomic mass is 9.76. The van der Waals surface area contributed by atoms with Crippen molar-refractivity contribution in [3.8, 4) is 17.0 Å². The van der Waals surface area contributed by atoms with Gasteiger partial charge in [-0.25, -0.2) is 0 Å². The first-order valence-corrected chi connectivity index (χ1v) is 9.97. The second-order valence-electron chi connectivity index (χ2n) is 7.52. The van der Waals surface area contributed by atoms with Gasteiger partial charge in [0.2, 0.25) is 0 Å². The number of ether oxygens (including phenoxy) is 1. The maximum atomic E-state index is 13.4. The van der Waals surface area contributed by atoms with Gasteiger partial charge in [-0.05, 0) is 49.6 Å². The van der Waals surface area contributed by atoms with Crippen molar-refractivity contribution in [1.82, 2.24) is 15.5 Å². The number of aryl methyl sites for hydroxylation is 1. The Labute approximate surface area is 170 Å². The molecule has 0 unspecified atom stereocenters. The van der Waals surface area contributed by atoms with Gasteiger partial charge in [-0.15, -0.1) is 0 Å². The molecule has 0 spiro atoms. The lowest BCUT2D eigenvalue weighted by molar-refractivity contribution is 0.0865. The fourth-order valence-corrected chi connectivity index (χ4v) is 4.18. The van der Waals surface area contributed by atoms with Gasteiger partial charge >= 0.3 is 0 Å². The van der Waals surface area contributed by atoms with Gasteiger partial charge in [0, 0.05) is 18.0 Å². The van der Waals surface area contributed by atoms with Crippen LogP contribution in [0.15, 0.2) is 53.3 Å². The molecule has 29 heavy (non-hydrogen) atoms. The number of benzene rings is 1. The molecule has 6 nitrogen and oxygen atoms in total. The number of nitrogens with zero attached hydrogens (tertiary/aromatic N) is 2. The Kier molecular flexibility index (Phi) is 5.34. The van der Waals surface area contributed by atoms with Gasteiger partial charge in [0.15, 0.2) is 0 Å². The van der Waals surface area contributed by atoms with Crippen LogP contribution in [0, 0.1) is 6.92 Å². The normalized spacial score (nSPS) is 15.7. The van der Waals surface area contributed by atoms with Gasteiger partial charge in [0.05, 0.1) is 12.6 Å². The maximum Gasteiger partial charge on any atom is 0.257 e. The van der Waals surface area contributed by atoms with E-state index in [-0.39, 0.29) is 5.91 Å². The van der Waals surface area contributed by atoms with E-state index in [0.717, 1.165) is 42.6 Å². The first kappa shape index (κ1) is 19.2. The van der Waals surface area contributed by atoms with Crippen LogP contribution in [0.2, 0.25) is 0 Å². The third-order valence-corrected chi connectivity index (χ3v) is 5.75. The summed E-state index contributed by atoms with van der Waals surface area (Å²) < 4.78 is 10.7. The van der Waals surface area contributed by atoms with E-state index in [9.17, 15) is 4.79 Å². The molecule has 6 heteroatoms. The molecule has 0 aliphatic heterocycles. The first-order valence-electron chi connectivity index (χ1n) is 9.97. The summed E-state index contributed by atoms with van der Waals surface area (Å²) in [4.78, 5) is 17.5. The molecule has 2 aromatic heterocycles. The number of nitrogens with one attached hydrogen (secondary N) is 1. The molecule has 1 N–H and O–H groups in total. The molecule has 1 aromatic carbocycles. The molecule has 1 saturated carbocycles. The Hall–Kier alpha value is -3.15. The summed E-state index contributed by atoms with van der Waals surface area (Å²) in [7, 11) is 1.66. The molecule has 3 aromatic rings. The fourth-order valence-electron chi connectivity index (χ4n) is 4.18. The number of rotatable bonds is 5. The molecule has 1 amide bonds. The average molecular weight is 391 g/mol.